The summed E-state index contributed by atoms with van der Waals surface area (Å²) in [6.07, 6.45) is 1.52. The van der Waals surface area contributed by atoms with E-state index >= 15 is 0 Å². The number of fused-ring (bicyclic) bond motifs is 1. The van der Waals surface area contributed by atoms with Gasteiger partial charge in [-0.1, -0.05) is 6.07 Å². The number of methoxy groups -OCH3 is 1. The van der Waals surface area contributed by atoms with Crippen LogP contribution in [0.15, 0.2) is 51.6 Å². The van der Waals surface area contributed by atoms with Gasteiger partial charge in [0.1, 0.15) is 0 Å². The summed E-state index contributed by atoms with van der Waals surface area (Å²) in [4.78, 5) is 14.4. The van der Waals surface area contributed by atoms with Crippen molar-refractivity contribution < 1.29 is 23.8 Å². The molecule has 1 fully saturated rings. The molecule has 0 bridgehead atoms. The van der Waals surface area contributed by atoms with Crippen LogP contribution in [0, 0.1) is 11.3 Å². The van der Waals surface area contributed by atoms with Gasteiger partial charge in [0.2, 0.25) is 11.6 Å². The molecule has 0 spiro atoms. The quantitative estimate of drug-likeness (QED) is 0.805. The summed E-state index contributed by atoms with van der Waals surface area (Å²) in [6, 6.07) is 11.0. The van der Waals surface area contributed by atoms with Crippen LogP contribution in [0.2, 0.25) is 0 Å². The standard InChI is InChI=1S/C21H20N2O5S/c1-3-27-16-7-6-13(9-17(16)26-2)14-10-19(24)23-20(15(14)11-22)29-12-21(23,25)18-5-4-8-28-18/h4-9,14,25H,3,10,12H2,1-2H3. The average Bonchev–Trinajstić information content (AvgIpc) is 3.38. The monoisotopic (exact) mass is 412 g/mol. The third kappa shape index (κ3) is 3.07. The Bertz CT molecular complexity index is 1010. The molecule has 2 aliphatic rings. The summed E-state index contributed by atoms with van der Waals surface area (Å²) in [5, 5.41) is 21.5. The molecule has 1 aromatic heterocycles. The smallest absolute Gasteiger partial charge is 0.231 e. The fourth-order valence-corrected chi connectivity index (χ4v) is 5.11. The van der Waals surface area contributed by atoms with Gasteiger partial charge in [0.05, 0.1) is 42.4 Å². The average molecular weight is 412 g/mol. The first-order valence-corrected chi connectivity index (χ1v) is 10.2. The van der Waals surface area contributed by atoms with E-state index in [0.29, 0.717) is 28.7 Å². The van der Waals surface area contributed by atoms with Gasteiger partial charge in [0.15, 0.2) is 17.3 Å². The van der Waals surface area contributed by atoms with E-state index in [1.54, 1.807) is 31.4 Å². The summed E-state index contributed by atoms with van der Waals surface area (Å²) in [6.45, 7) is 2.39. The lowest BCUT2D eigenvalue weighted by molar-refractivity contribution is -0.152. The maximum atomic E-state index is 13.1. The third-order valence-corrected chi connectivity index (χ3v) is 6.34. The van der Waals surface area contributed by atoms with Crippen LogP contribution >= 0.6 is 11.8 Å². The van der Waals surface area contributed by atoms with E-state index < -0.39 is 11.6 Å². The predicted molar refractivity (Wildman–Crippen MR) is 106 cm³/mol. The highest BCUT2D eigenvalue weighted by molar-refractivity contribution is 8.03. The lowest BCUT2D eigenvalue weighted by Crippen LogP contribution is -2.48. The number of aliphatic hydroxyl groups is 1. The minimum absolute atomic E-state index is 0.0626. The molecule has 2 unspecified atom stereocenters. The Kier molecular flexibility index (Phi) is 5.03. The number of hydrogen-bond acceptors (Lipinski definition) is 7. The fraction of sp³-hybridized carbons (Fsp3) is 0.333. The zero-order chi connectivity index (χ0) is 20.6. The van der Waals surface area contributed by atoms with Crippen molar-refractivity contribution in [3.8, 4) is 17.6 Å². The lowest BCUT2D eigenvalue weighted by atomic mass is 9.85. The van der Waals surface area contributed by atoms with Crippen molar-refractivity contribution in [1.82, 2.24) is 4.90 Å². The normalized spacial score (nSPS) is 23.7. The van der Waals surface area contributed by atoms with Crippen LogP contribution in [-0.2, 0) is 10.5 Å². The van der Waals surface area contributed by atoms with Gasteiger partial charge in [-0.3, -0.25) is 9.69 Å². The fourth-order valence-electron chi connectivity index (χ4n) is 3.77. The van der Waals surface area contributed by atoms with E-state index in [-0.39, 0.29) is 23.8 Å². The molecule has 29 heavy (non-hydrogen) atoms. The van der Waals surface area contributed by atoms with Crippen molar-refractivity contribution in [3.05, 3.63) is 58.5 Å². The number of hydrogen-bond donors (Lipinski definition) is 1. The number of ether oxygens (including phenoxy) is 2. The minimum atomic E-state index is -1.59. The van der Waals surface area contributed by atoms with Crippen LogP contribution in [0.3, 0.4) is 0 Å². The van der Waals surface area contributed by atoms with Crippen molar-refractivity contribution in [1.29, 1.82) is 5.26 Å². The molecule has 1 saturated heterocycles. The second-order valence-corrected chi connectivity index (χ2v) is 7.71. The van der Waals surface area contributed by atoms with Gasteiger partial charge in [-0.25, -0.2) is 0 Å². The van der Waals surface area contributed by atoms with Crippen LogP contribution in [0.5, 0.6) is 11.5 Å². The number of carbonyl (C=O) groups excluding carboxylic acids is 1. The molecule has 1 aromatic carbocycles. The number of nitrogens with zero attached hydrogens (tertiary/aromatic N) is 2. The summed E-state index contributed by atoms with van der Waals surface area (Å²) in [5.41, 5.74) is -0.357. The third-order valence-electron chi connectivity index (χ3n) is 5.12. The Morgan fingerprint density at radius 2 is 2.24 bits per heavy atom. The second-order valence-electron chi connectivity index (χ2n) is 6.74. The highest BCUT2D eigenvalue weighted by Gasteiger charge is 2.53. The molecule has 2 aliphatic heterocycles. The van der Waals surface area contributed by atoms with Gasteiger partial charge >= 0.3 is 0 Å². The molecule has 0 saturated carbocycles. The first-order chi connectivity index (χ1) is 14.0. The van der Waals surface area contributed by atoms with E-state index in [0.717, 1.165) is 5.56 Å². The maximum Gasteiger partial charge on any atom is 0.231 e. The number of thioether (sulfide) groups is 1. The van der Waals surface area contributed by atoms with E-state index in [9.17, 15) is 15.2 Å². The van der Waals surface area contributed by atoms with Crippen molar-refractivity contribution in [3.63, 3.8) is 0 Å². The topological polar surface area (TPSA) is 95.9 Å². The molecule has 1 N–H and O–H groups in total. The maximum absolute atomic E-state index is 13.1. The van der Waals surface area contributed by atoms with Crippen molar-refractivity contribution in [2.24, 2.45) is 0 Å². The molecule has 0 radical (unpaired) electrons. The molecule has 3 heterocycles. The number of carbonyl (C=O) groups is 1. The molecule has 0 aliphatic carbocycles. The molecule has 8 heteroatoms. The van der Waals surface area contributed by atoms with E-state index in [2.05, 4.69) is 6.07 Å². The number of furan rings is 1. The van der Waals surface area contributed by atoms with Gasteiger partial charge in [-0.05, 0) is 36.8 Å². The Hall–Kier alpha value is -2.89. The van der Waals surface area contributed by atoms with E-state index in [1.165, 1.54) is 22.9 Å². The minimum Gasteiger partial charge on any atom is -0.493 e. The SMILES string of the molecule is CCOc1ccc(C2CC(=O)N3C(=C2C#N)SCC3(O)c2ccco2)cc1OC. The highest BCUT2D eigenvalue weighted by Crippen LogP contribution is 2.52. The lowest BCUT2D eigenvalue weighted by Gasteiger charge is -2.36. The number of nitriles is 1. The zero-order valence-electron chi connectivity index (χ0n) is 16.0. The molecular weight excluding hydrogens is 392 g/mol. The van der Waals surface area contributed by atoms with Gasteiger partial charge in [0, 0.05) is 12.3 Å². The van der Waals surface area contributed by atoms with E-state index in [4.69, 9.17) is 13.9 Å². The number of amides is 1. The van der Waals surface area contributed by atoms with Crippen molar-refractivity contribution in [2.45, 2.75) is 25.0 Å². The molecule has 1 amide bonds. The summed E-state index contributed by atoms with van der Waals surface area (Å²) >= 11 is 1.28. The first-order valence-electron chi connectivity index (χ1n) is 9.20. The largest absolute Gasteiger partial charge is 0.493 e. The number of allylic oxidation sites excluding steroid dienone is 1. The van der Waals surface area contributed by atoms with E-state index in [1.807, 2.05) is 13.0 Å². The molecule has 150 valence electrons. The Morgan fingerprint density at radius 3 is 2.90 bits per heavy atom. The summed E-state index contributed by atoms with van der Waals surface area (Å²) in [7, 11) is 1.55. The summed E-state index contributed by atoms with van der Waals surface area (Å²) in [5.74, 6) is 0.956. The van der Waals surface area contributed by atoms with Crippen LogP contribution in [0.1, 0.15) is 30.6 Å². The van der Waals surface area contributed by atoms with Crippen LogP contribution in [0.25, 0.3) is 0 Å². The zero-order valence-corrected chi connectivity index (χ0v) is 16.9. The van der Waals surface area contributed by atoms with Crippen molar-refractivity contribution >= 4 is 17.7 Å². The molecule has 4 rings (SSSR count). The first kappa shape index (κ1) is 19.4. The molecule has 2 aromatic rings. The molecule has 2 atom stereocenters. The van der Waals surface area contributed by atoms with Crippen LogP contribution < -0.4 is 9.47 Å². The van der Waals surface area contributed by atoms with Gasteiger partial charge in [-0.15, -0.1) is 11.8 Å². The van der Waals surface area contributed by atoms with Crippen LogP contribution in [-0.4, -0.2) is 35.4 Å². The van der Waals surface area contributed by atoms with Gasteiger partial charge in [-0.2, -0.15) is 5.26 Å². The Balaban J connectivity index is 1.77. The highest BCUT2D eigenvalue weighted by atomic mass is 32.2. The molecule has 7 nitrogen and oxygen atoms in total. The predicted octanol–water partition coefficient (Wildman–Crippen LogP) is 3.33. The number of rotatable bonds is 5. The van der Waals surface area contributed by atoms with Gasteiger partial charge < -0.3 is 19.0 Å². The second kappa shape index (κ2) is 7.50. The summed E-state index contributed by atoms with van der Waals surface area (Å²) < 4.78 is 16.3. The van der Waals surface area contributed by atoms with Crippen LogP contribution in [0.4, 0.5) is 0 Å². The van der Waals surface area contributed by atoms with Crippen molar-refractivity contribution in [2.75, 3.05) is 19.5 Å². The van der Waals surface area contributed by atoms with Gasteiger partial charge in [0.25, 0.3) is 0 Å². The number of benzene rings is 1. The molecular formula is C21H20N2O5S. The Morgan fingerprint density at radius 1 is 1.41 bits per heavy atom. The Labute approximate surface area is 172 Å².